The molecule has 0 saturated carbocycles. The molecule has 1 heterocycles. The number of piperidine rings is 1. The SMILES string of the molecule is CCC(C)(C(=O)Cc1cc(F)ccc1F)N1CCCCC1. The second-order valence-electron chi connectivity index (χ2n) is 6.01. The Hall–Kier alpha value is -1.29. The van der Waals surface area contributed by atoms with Crippen LogP contribution in [-0.4, -0.2) is 29.3 Å². The first-order valence-corrected chi connectivity index (χ1v) is 7.69. The van der Waals surface area contributed by atoms with Gasteiger partial charge in [0, 0.05) is 6.42 Å². The molecule has 1 aromatic carbocycles. The highest BCUT2D eigenvalue weighted by Crippen LogP contribution is 2.27. The second kappa shape index (κ2) is 6.65. The van der Waals surface area contributed by atoms with Crippen molar-refractivity contribution in [1.29, 1.82) is 0 Å². The molecule has 0 bridgehead atoms. The molecule has 0 amide bonds. The third kappa shape index (κ3) is 3.49. The maximum atomic E-state index is 13.7. The number of carbonyl (C=O) groups is 1. The minimum atomic E-state index is -0.584. The Kier molecular flexibility index (Phi) is 5.09. The Morgan fingerprint density at radius 2 is 1.90 bits per heavy atom. The van der Waals surface area contributed by atoms with E-state index in [1.165, 1.54) is 6.42 Å². The molecule has 0 N–H and O–H groups in total. The van der Waals surface area contributed by atoms with Gasteiger partial charge < -0.3 is 0 Å². The molecule has 1 aliphatic heterocycles. The Morgan fingerprint density at radius 1 is 1.24 bits per heavy atom. The van der Waals surface area contributed by atoms with E-state index in [1.54, 1.807) is 0 Å². The first-order valence-electron chi connectivity index (χ1n) is 7.69. The summed E-state index contributed by atoms with van der Waals surface area (Å²) in [5.74, 6) is -1.05. The van der Waals surface area contributed by atoms with Gasteiger partial charge in [-0.2, -0.15) is 0 Å². The van der Waals surface area contributed by atoms with Crippen LogP contribution >= 0.6 is 0 Å². The topological polar surface area (TPSA) is 20.3 Å². The van der Waals surface area contributed by atoms with Crippen LogP contribution in [0, 0.1) is 11.6 Å². The van der Waals surface area contributed by atoms with Gasteiger partial charge in [-0.3, -0.25) is 9.69 Å². The van der Waals surface area contributed by atoms with Gasteiger partial charge >= 0.3 is 0 Å². The number of hydrogen-bond donors (Lipinski definition) is 0. The van der Waals surface area contributed by atoms with Crippen molar-refractivity contribution in [2.45, 2.75) is 51.5 Å². The second-order valence-corrected chi connectivity index (χ2v) is 6.01. The van der Waals surface area contributed by atoms with Gasteiger partial charge in [-0.1, -0.05) is 13.3 Å². The van der Waals surface area contributed by atoms with Crippen LogP contribution in [-0.2, 0) is 11.2 Å². The molecule has 2 rings (SSSR count). The van der Waals surface area contributed by atoms with Crippen LogP contribution in [0.5, 0.6) is 0 Å². The lowest BCUT2D eigenvalue weighted by Crippen LogP contribution is -2.54. The van der Waals surface area contributed by atoms with E-state index < -0.39 is 17.2 Å². The van der Waals surface area contributed by atoms with Gasteiger partial charge in [-0.25, -0.2) is 8.78 Å². The Balaban J connectivity index is 2.17. The van der Waals surface area contributed by atoms with Crippen molar-refractivity contribution >= 4 is 5.78 Å². The van der Waals surface area contributed by atoms with Crippen LogP contribution < -0.4 is 0 Å². The van der Waals surface area contributed by atoms with Gasteiger partial charge in [-0.05, 0) is 63.0 Å². The molecular weight excluding hydrogens is 272 g/mol. The average Bonchev–Trinajstić information content (AvgIpc) is 2.51. The molecule has 4 heteroatoms. The summed E-state index contributed by atoms with van der Waals surface area (Å²) in [5.41, 5.74) is -0.434. The summed E-state index contributed by atoms with van der Waals surface area (Å²) in [6.45, 7) is 5.72. The van der Waals surface area contributed by atoms with E-state index >= 15 is 0 Å². The summed E-state index contributed by atoms with van der Waals surface area (Å²) in [7, 11) is 0. The molecule has 1 aliphatic rings. The maximum Gasteiger partial charge on any atom is 0.157 e. The summed E-state index contributed by atoms with van der Waals surface area (Å²) in [6.07, 6.45) is 4.02. The van der Waals surface area contributed by atoms with Crippen LogP contribution in [0.25, 0.3) is 0 Å². The molecule has 1 saturated heterocycles. The van der Waals surface area contributed by atoms with Crippen LogP contribution in [0.2, 0.25) is 0 Å². The maximum absolute atomic E-state index is 13.7. The number of ketones is 1. The lowest BCUT2D eigenvalue weighted by molar-refractivity contribution is -0.130. The van der Waals surface area contributed by atoms with E-state index in [1.807, 2.05) is 13.8 Å². The highest BCUT2D eigenvalue weighted by molar-refractivity contribution is 5.89. The van der Waals surface area contributed by atoms with E-state index in [0.29, 0.717) is 6.42 Å². The van der Waals surface area contributed by atoms with Crippen molar-refractivity contribution in [2.75, 3.05) is 13.1 Å². The fraction of sp³-hybridized carbons (Fsp3) is 0.588. The van der Waals surface area contributed by atoms with Crippen LogP contribution in [0.3, 0.4) is 0 Å². The normalized spacial score (nSPS) is 19.2. The fourth-order valence-electron chi connectivity index (χ4n) is 3.03. The fourth-order valence-corrected chi connectivity index (χ4v) is 3.03. The number of likely N-dealkylation sites (tertiary alicyclic amines) is 1. The quantitative estimate of drug-likeness (QED) is 0.825. The third-order valence-electron chi connectivity index (χ3n) is 4.70. The molecule has 0 spiro atoms. The Morgan fingerprint density at radius 3 is 2.52 bits per heavy atom. The minimum absolute atomic E-state index is 0.0311. The van der Waals surface area contributed by atoms with E-state index in [2.05, 4.69) is 4.90 Å². The highest BCUT2D eigenvalue weighted by atomic mass is 19.1. The predicted octanol–water partition coefficient (Wildman–Crippen LogP) is 3.73. The smallest absolute Gasteiger partial charge is 0.157 e. The monoisotopic (exact) mass is 295 g/mol. The van der Waals surface area contributed by atoms with Gasteiger partial charge in [0.25, 0.3) is 0 Å². The molecule has 1 atom stereocenters. The largest absolute Gasteiger partial charge is 0.297 e. The van der Waals surface area contributed by atoms with Crippen molar-refractivity contribution in [3.63, 3.8) is 0 Å². The number of nitrogens with zero attached hydrogens (tertiary/aromatic N) is 1. The van der Waals surface area contributed by atoms with Crippen LogP contribution in [0.4, 0.5) is 8.78 Å². The van der Waals surface area contributed by atoms with Crippen LogP contribution in [0.15, 0.2) is 18.2 Å². The van der Waals surface area contributed by atoms with E-state index in [0.717, 1.165) is 44.1 Å². The predicted molar refractivity (Wildman–Crippen MR) is 79.2 cm³/mol. The van der Waals surface area contributed by atoms with Gasteiger partial charge in [-0.15, -0.1) is 0 Å². The third-order valence-corrected chi connectivity index (χ3v) is 4.70. The summed E-state index contributed by atoms with van der Waals surface area (Å²) in [6, 6.07) is 3.29. The molecule has 116 valence electrons. The number of halogens is 2. The summed E-state index contributed by atoms with van der Waals surface area (Å²) >= 11 is 0. The molecular formula is C17H23F2NO. The number of rotatable bonds is 5. The van der Waals surface area contributed by atoms with Gasteiger partial charge in [0.05, 0.1) is 5.54 Å². The average molecular weight is 295 g/mol. The van der Waals surface area contributed by atoms with E-state index in [-0.39, 0.29) is 17.8 Å². The van der Waals surface area contributed by atoms with Gasteiger partial charge in [0.2, 0.25) is 0 Å². The van der Waals surface area contributed by atoms with E-state index in [4.69, 9.17) is 0 Å². The molecule has 2 nitrogen and oxygen atoms in total. The molecule has 0 aliphatic carbocycles. The van der Waals surface area contributed by atoms with Crippen LogP contribution in [0.1, 0.15) is 45.1 Å². The molecule has 21 heavy (non-hydrogen) atoms. The molecule has 1 aromatic rings. The van der Waals surface area contributed by atoms with Crippen molar-refractivity contribution in [1.82, 2.24) is 4.90 Å². The van der Waals surface area contributed by atoms with Gasteiger partial charge in [0.15, 0.2) is 5.78 Å². The number of hydrogen-bond acceptors (Lipinski definition) is 2. The lowest BCUT2D eigenvalue weighted by atomic mass is 9.85. The molecule has 0 radical (unpaired) electrons. The lowest BCUT2D eigenvalue weighted by Gasteiger charge is -2.42. The first kappa shape index (κ1) is 16.1. The molecule has 1 unspecified atom stereocenters. The number of carbonyl (C=O) groups excluding carboxylic acids is 1. The summed E-state index contributed by atoms with van der Waals surface area (Å²) in [5, 5.41) is 0. The molecule has 1 fully saturated rings. The summed E-state index contributed by atoms with van der Waals surface area (Å²) in [4.78, 5) is 14.9. The standard InChI is InChI=1S/C17H23F2NO/c1-3-17(2,20-9-5-4-6-10-20)16(21)12-13-11-14(18)7-8-15(13)19/h7-8,11H,3-6,9-10,12H2,1-2H3. The number of benzene rings is 1. The zero-order valence-electron chi connectivity index (χ0n) is 12.8. The molecule has 0 aromatic heterocycles. The minimum Gasteiger partial charge on any atom is -0.297 e. The summed E-state index contributed by atoms with van der Waals surface area (Å²) < 4.78 is 27.0. The van der Waals surface area contributed by atoms with Gasteiger partial charge in [0.1, 0.15) is 11.6 Å². The zero-order chi connectivity index (χ0) is 15.5. The van der Waals surface area contributed by atoms with E-state index in [9.17, 15) is 13.6 Å². The van der Waals surface area contributed by atoms with Crippen molar-refractivity contribution < 1.29 is 13.6 Å². The van der Waals surface area contributed by atoms with Crippen molar-refractivity contribution in [2.24, 2.45) is 0 Å². The highest BCUT2D eigenvalue weighted by Gasteiger charge is 2.37. The Bertz CT molecular complexity index is 512. The Labute approximate surface area is 125 Å². The van der Waals surface area contributed by atoms with Crippen molar-refractivity contribution in [3.8, 4) is 0 Å². The van der Waals surface area contributed by atoms with Crippen molar-refractivity contribution in [3.05, 3.63) is 35.4 Å². The zero-order valence-corrected chi connectivity index (χ0v) is 12.8. The first-order chi connectivity index (χ1) is 9.97. The number of Topliss-reactive ketones (excluding diaryl/α,β-unsaturated/α-hetero) is 1.